The fraction of sp³-hybridized carbons (Fsp3) is 0.333. The first-order chi connectivity index (χ1) is 19.6. The lowest BCUT2D eigenvalue weighted by molar-refractivity contribution is 0.254. The Morgan fingerprint density at radius 3 is 2.65 bits per heavy atom. The summed E-state index contributed by atoms with van der Waals surface area (Å²) in [5.74, 6) is 2.74. The second-order valence-corrected chi connectivity index (χ2v) is 10.2. The van der Waals surface area contributed by atoms with Crippen LogP contribution in [0.25, 0.3) is 16.6 Å². The number of hydrogen-bond acceptors (Lipinski definition) is 10. The molecule has 10 heteroatoms. The molecule has 10 nitrogen and oxygen atoms in total. The molecule has 0 aromatic carbocycles. The molecule has 0 atom stereocenters. The third-order valence-corrected chi connectivity index (χ3v) is 7.02. The third kappa shape index (κ3) is 6.95. The van der Waals surface area contributed by atoms with E-state index >= 15 is 0 Å². The van der Waals surface area contributed by atoms with Crippen LogP contribution >= 0.6 is 0 Å². The highest BCUT2D eigenvalue weighted by molar-refractivity contribution is 6.08. The van der Waals surface area contributed by atoms with Crippen molar-refractivity contribution in [2.75, 3.05) is 49.5 Å². The Balaban J connectivity index is 1.14. The molecule has 4 aromatic rings. The van der Waals surface area contributed by atoms with Crippen LogP contribution in [0.4, 0.5) is 17.5 Å². The van der Waals surface area contributed by atoms with Crippen LogP contribution in [0.2, 0.25) is 0 Å². The second kappa shape index (κ2) is 13.1. The summed E-state index contributed by atoms with van der Waals surface area (Å²) in [6, 6.07) is 13.8. The number of piperazine rings is 1. The van der Waals surface area contributed by atoms with E-state index in [1.807, 2.05) is 48.8 Å². The van der Waals surface area contributed by atoms with Gasteiger partial charge in [0.25, 0.3) is 0 Å². The standard InChI is InChI=1S/C30H36N10/c1-22(2)23-17-29(38-35-21-23)37-28-8-7-26-27(36-28)16-24(20-34-26)25(18-31)19-32-9-5-11-39-12-14-40(15-13-39)30-6-3-4-10-33-30/h3-4,6-8,10,16-22,31-32H,5,9,11-15H2,1-2H3,(H,36,37,38)/b25-19+,31-18?. The Labute approximate surface area is 235 Å². The van der Waals surface area contributed by atoms with E-state index < -0.39 is 0 Å². The Morgan fingerprint density at radius 2 is 1.88 bits per heavy atom. The number of nitrogens with one attached hydrogen (secondary N) is 3. The van der Waals surface area contributed by atoms with Gasteiger partial charge in [0, 0.05) is 68.7 Å². The van der Waals surface area contributed by atoms with Crippen LogP contribution in [0.1, 0.15) is 37.3 Å². The molecule has 206 valence electrons. The van der Waals surface area contributed by atoms with Crippen molar-refractivity contribution in [3.8, 4) is 0 Å². The number of pyridine rings is 3. The maximum absolute atomic E-state index is 7.95. The zero-order chi connectivity index (χ0) is 27.7. The van der Waals surface area contributed by atoms with Crippen LogP contribution in [0, 0.1) is 5.41 Å². The predicted molar refractivity (Wildman–Crippen MR) is 161 cm³/mol. The molecule has 4 aromatic heterocycles. The van der Waals surface area contributed by atoms with Crippen LogP contribution in [-0.2, 0) is 0 Å². The first-order valence-electron chi connectivity index (χ1n) is 13.8. The summed E-state index contributed by atoms with van der Waals surface area (Å²) in [5.41, 5.74) is 4.24. The number of nitrogens with zero attached hydrogens (tertiary/aromatic N) is 7. The van der Waals surface area contributed by atoms with Gasteiger partial charge in [-0.1, -0.05) is 19.9 Å². The van der Waals surface area contributed by atoms with E-state index in [1.165, 1.54) is 6.21 Å². The Kier molecular flexibility index (Phi) is 8.87. The van der Waals surface area contributed by atoms with Crippen LogP contribution < -0.4 is 15.5 Å². The summed E-state index contributed by atoms with van der Waals surface area (Å²) >= 11 is 0. The highest BCUT2D eigenvalue weighted by Crippen LogP contribution is 2.22. The lowest BCUT2D eigenvalue weighted by atomic mass is 10.1. The van der Waals surface area contributed by atoms with Gasteiger partial charge >= 0.3 is 0 Å². The number of allylic oxidation sites excluding steroid dienone is 1. The molecule has 0 saturated carbocycles. The minimum Gasteiger partial charge on any atom is -0.390 e. The molecular weight excluding hydrogens is 500 g/mol. The molecule has 0 amide bonds. The van der Waals surface area contributed by atoms with Crippen molar-refractivity contribution in [3.05, 3.63) is 78.4 Å². The van der Waals surface area contributed by atoms with Crippen molar-refractivity contribution in [2.45, 2.75) is 26.2 Å². The van der Waals surface area contributed by atoms with Gasteiger partial charge in [-0.15, -0.1) is 5.10 Å². The number of fused-ring (bicyclic) bond motifs is 1. The first kappa shape index (κ1) is 27.1. The summed E-state index contributed by atoms with van der Waals surface area (Å²) in [6.07, 6.45) is 9.69. The number of anilines is 3. The fourth-order valence-corrected chi connectivity index (χ4v) is 4.66. The van der Waals surface area contributed by atoms with E-state index in [1.54, 1.807) is 12.4 Å². The number of hydrogen-bond donors (Lipinski definition) is 3. The van der Waals surface area contributed by atoms with E-state index in [9.17, 15) is 0 Å². The molecule has 1 fully saturated rings. The topological polar surface area (TPSA) is 119 Å². The van der Waals surface area contributed by atoms with E-state index in [2.05, 4.69) is 60.5 Å². The minimum atomic E-state index is 0.362. The number of rotatable bonds is 11. The van der Waals surface area contributed by atoms with Crippen molar-refractivity contribution >= 4 is 40.3 Å². The average molecular weight is 537 g/mol. The van der Waals surface area contributed by atoms with E-state index in [0.29, 0.717) is 17.6 Å². The van der Waals surface area contributed by atoms with E-state index in [-0.39, 0.29) is 0 Å². The SMILES string of the molecule is CC(C)c1cnnc(Nc2ccc3ncc(/C(C=N)=C/NCCCN4CCN(c5ccccn5)CC4)cc3n2)c1. The highest BCUT2D eigenvalue weighted by Gasteiger charge is 2.17. The quantitative estimate of drug-likeness (QED) is 0.188. The van der Waals surface area contributed by atoms with E-state index in [0.717, 1.165) is 79.2 Å². The van der Waals surface area contributed by atoms with Gasteiger partial charge in [0.15, 0.2) is 5.82 Å². The monoisotopic (exact) mass is 536 g/mol. The van der Waals surface area contributed by atoms with Crippen molar-refractivity contribution in [1.29, 1.82) is 5.41 Å². The van der Waals surface area contributed by atoms with Gasteiger partial charge in [-0.3, -0.25) is 9.88 Å². The van der Waals surface area contributed by atoms with Gasteiger partial charge < -0.3 is 20.9 Å². The molecule has 0 radical (unpaired) electrons. The van der Waals surface area contributed by atoms with E-state index in [4.69, 9.17) is 10.4 Å². The molecule has 3 N–H and O–H groups in total. The Morgan fingerprint density at radius 1 is 1.00 bits per heavy atom. The molecule has 1 saturated heterocycles. The zero-order valence-electron chi connectivity index (χ0n) is 23.1. The van der Waals surface area contributed by atoms with Crippen LogP contribution in [0.3, 0.4) is 0 Å². The summed E-state index contributed by atoms with van der Waals surface area (Å²) in [4.78, 5) is 18.6. The number of aromatic nitrogens is 5. The van der Waals surface area contributed by atoms with Crippen LogP contribution in [-0.4, -0.2) is 75.5 Å². The molecule has 5 heterocycles. The smallest absolute Gasteiger partial charge is 0.154 e. The summed E-state index contributed by atoms with van der Waals surface area (Å²) < 4.78 is 0. The molecule has 1 aliphatic rings. The Bertz CT molecular complexity index is 1450. The van der Waals surface area contributed by atoms with Gasteiger partial charge in [0.1, 0.15) is 11.6 Å². The minimum absolute atomic E-state index is 0.362. The van der Waals surface area contributed by atoms with Crippen molar-refractivity contribution < 1.29 is 0 Å². The summed E-state index contributed by atoms with van der Waals surface area (Å²) in [7, 11) is 0. The lowest BCUT2D eigenvalue weighted by Crippen LogP contribution is -2.47. The van der Waals surface area contributed by atoms with Crippen LogP contribution in [0.5, 0.6) is 0 Å². The highest BCUT2D eigenvalue weighted by atomic mass is 15.3. The largest absolute Gasteiger partial charge is 0.390 e. The predicted octanol–water partition coefficient (Wildman–Crippen LogP) is 4.47. The lowest BCUT2D eigenvalue weighted by Gasteiger charge is -2.35. The maximum Gasteiger partial charge on any atom is 0.154 e. The second-order valence-electron chi connectivity index (χ2n) is 10.2. The molecule has 0 aliphatic carbocycles. The van der Waals surface area contributed by atoms with Gasteiger partial charge in [-0.05, 0) is 60.8 Å². The summed E-state index contributed by atoms with van der Waals surface area (Å²) in [5, 5.41) is 22.9. The normalized spacial score (nSPS) is 14.5. The van der Waals surface area contributed by atoms with Crippen LogP contribution in [0.15, 0.2) is 67.3 Å². The molecule has 40 heavy (non-hydrogen) atoms. The third-order valence-electron chi connectivity index (χ3n) is 7.02. The molecule has 0 bridgehead atoms. The summed E-state index contributed by atoms with van der Waals surface area (Å²) in [6.45, 7) is 10.2. The first-order valence-corrected chi connectivity index (χ1v) is 13.8. The van der Waals surface area contributed by atoms with Gasteiger partial charge in [-0.2, -0.15) is 5.10 Å². The fourth-order valence-electron chi connectivity index (χ4n) is 4.66. The van der Waals surface area contributed by atoms with Gasteiger partial charge in [-0.25, -0.2) is 9.97 Å². The zero-order valence-corrected chi connectivity index (χ0v) is 23.1. The van der Waals surface area contributed by atoms with Crippen molar-refractivity contribution in [1.82, 2.24) is 35.4 Å². The molecule has 0 spiro atoms. The molecule has 1 aliphatic heterocycles. The Hall–Kier alpha value is -4.44. The van der Waals surface area contributed by atoms with Crippen molar-refractivity contribution in [2.24, 2.45) is 0 Å². The molecule has 0 unspecified atom stereocenters. The van der Waals surface area contributed by atoms with Gasteiger partial charge in [0.2, 0.25) is 0 Å². The maximum atomic E-state index is 7.95. The molecular formula is C30H36N10. The van der Waals surface area contributed by atoms with Gasteiger partial charge in [0.05, 0.1) is 17.2 Å². The molecule has 5 rings (SSSR count). The average Bonchev–Trinajstić information content (AvgIpc) is 2.99. The van der Waals surface area contributed by atoms with Crippen molar-refractivity contribution in [3.63, 3.8) is 0 Å².